The molecule has 2 aromatic heterocycles. The zero-order valence-corrected chi connectivity index (χ0v) is 13.4. The second-order valence-electron chi connectivity index (χ2n) is 5.92. The first-order chi connectivity index (χ1) is 11.9. The minimum Gasteiger partial charge on any atom is -0.374 e. The molecule has 0 bridgehead atoms. The minimum absolute atomic E-state index is 0.155. The second-order valence-corrected chi connectivity index (χ2v) is 5.92. The number of aromatic nitrogens is 5. The largest absolute Gasteiger partial charge is 0.374 e. The monoisotopic (exact) mass is 324 g/mol. The molecule has 1 unspecified atom stereocenters. The smallest absolute Gasteiger partial charge is 0.0971 e. The van der Waals surface area contributed by atoms with Crippen molar-refractivity contribution in [1.29, 1.82) is 0 Å². The Bertz CT molecular complexity index is 755. The predicted molar refractivity (Wildman–Crippen MR) is 88.6 cm³/mol. The number of ether oxygens (including phenoxy) is 1. The topological polar surface area (TPSA) is 61.0 Å². The third-order valence-electron chi connectivity index (χ3n) is 4.08. The normalized spacial score (nSPS) is 18.8. The van der Waals surface area contributed by atoms with Gasteiger partial charge in [0.2, 0.25) is 0 Å². The zero-order valence-electron chi connectivity index (χ0n) is 13.4. The Morgan fingerprint density at radius 3 is 2.88 bits per heavy atom. The molecule has 0 amide bonds. The molecule has 0 aliphatic carbocycles. The predicted octanol–water partition coefficient (Wildman–Crippen LogP) is 1.36. The zero-order chi connectivity index (χ0) is 16.2. The highest BCUT2D eigenvalue weighted by Crippen LogP contribution is 2.11. The maximum atomic E-state index is 5.85. The van der Waals surface area contributed by atoms with Crippen LogP contribution in [0.3, 0.4) is 0 Å². The molecule has 0 N–H and O–H groups in total. The second kappa shape index (κ2) is 6.94. The average Bonchev–Trinajstić information content (AvgIpc) is 3.28. The fourth-order valence-electron chi connectivity index (χ4n) is 2.93. The van der Waals surface area contributed by atoms with Gasteiger partial charge in [-0.2, -0.15) is 20.1 Å². The van der Waals surface area contributed by atoms with Crippen LogP contribution in [0.2, 0.25) is 0 Å². The number of para-hydroxylation sites is 1. The molecule has 1 aliphatic rings. The number of hydrogen-bond donors (Lipinski definition) is 0. The summed E-state index contributed by atoms with van der Waals surface area (Å²) in [4.78, 5) is 4.04. The fourth-order valence-corrected chi connectivity index (χ4v) is 2.93. The van der Waals surface area contributed by atoms with E-state index in [0.717, 1.165) is 44.2 Å². The number of nitrogens with zero attached hydrogens (tertiary/aromatic N) is 6. The highest BCUT2D eigenvalue weighted by Gasteiger charge is 2.21. The number of rotatable bonds is 5. The third-order valence-corrected chi connectivity index (χ3v) is 4.08. The van der Waals surface area contributed by atoms with Gasteiger partial charge in [-0.05, 0) is 18.2 Å². The first-order valence-electron chi connectivity index (χ1n) is 8.15. The van der Waals surface area contributed by atoms with Gasteiger partial charge in [-0.3, -0.25) is 9.58 Å². The Kier molecular flexibility index (Phi) is 4.35. The SMILES string of the molecule is c1ccc(-n2ncc(CN3CCOC(Cn4cccn4)C3)n2)cc1. The van der Waals surface area contributed by atoms with Gasteiger partial charge in [-0.1, -0.05) is 18.2 Å². The van der Waals surface area contributed by atoms with E-state index < -0.39 is 0 Å². The molecule has 24 heavy (non-hydrogen) atoms. The average molecular weight is 324 g/mol. The van der Waals surface area contributed by atoms with Gasteiger partial charge in [0.25, 0.3) is 0 Å². The number of benzene rings is 1. The molecular formula is C17H20N6O. The highest BCUT2D eigenvalue weighted by molar-refractivity contribution is 5.28. The van der Waals surface area contributed by atoms with Crippen LogP contribution < -0.4 is 0 Å². The summed E-state index contributed by atoms with van der Waals surface area (Å²) in [7, 11) is 0. The van der Waals surface area contributed by atoms with Crippen LogP contribution in [0, 0.1) is 0 Å². The van der Waals surface area contributed by atoms with Crippen molar-refractivity contribution in [1.82, 2.24) is 29.7 Å². The van der Waals surface area contributed by atoms with Crippen molar-refractivity contribution in [2.75, 3.05) is 19.7 Å². The van der Waals surface area contributed by atoms with Gasteiger partial charge in [0, 0.05) is 32.0 Å². The summed E-state index contributed by atoms with van der Waals surface area (Å²) in [5.41, 5.74) is 1.95. The molecule has 4 rings (SSSR count). The lowest BCUT2D eigenvalue weighted by atomic mass is 10.2. The van der Waals surface area contributed by atoms with Crippen molar-refractivity contribution in [2.45, 2.75) is 19.2 Å². The first kappa shape index (κ1) is 15.0. The van der Waals surface area contributed by atoms with Crippen molar-refractivity contribution in [3.8, 4) is 5.69 Å². The van der Waals surface area contributed by atoms with E-state index in [1.54, 1.807) is 11.0 Å². The minimum atomic E-state index is 0.155. The van der Waals surface area contributed by atoms with Crippen LogP contribution in [0.1, 0.15) is 5.69 Å². The molecule has 1 atom stereocenters. The van der Waals surface area contributed by atoms with Crippen LogP contribution in [0.5, 0.6) is 0 Å². The number of morpholine rings is 1. The van der Waals surface area contributed by atoms with Gasteiger partial charge in [0.05, 0.1) is 36.8 Å². The lowest BCUT2D eigenvalue weighted by Gasteiger charge is -2.32. The molecule has 7 heteroatoms. The summed E-state index contributed by atoms with van der Waals surface area (Å²) < 4.78 is 7.77. The molecule has 3 aromatic rings. The molecule has 1 saturated heterocycles. The van der Waals surface area contributed by atoms with Crippen molar-refractivity contribution in [3.63, 3.8) is 0 Å². The van der Waals surface area contributed by atoms with Crippen LogP contribution in [0.15, 0.2) is 55.0 Å². The fraction of sp³-hybridized carbons (Fsp3) is 0.353. The Morgan fingerprint density at radius 1 is 1.12 bits per heavy atom. The molecule has 1 aliphatic heterocycles. The maximum absolute atomic E-state index is 5.85. The van der Waals surface area contributed by atoms with Gasteiger partial charge in [-0.25, -0.2) is 0 Å². The highest BCUT2D eigenvalue weighted by atomic mass is 16.5. The summed E-state index contributed by atoms with van der Waals surface area (Å²) in [6.07, 6.45) is 5.75. The van der Waals surface area contributed by atoms with Gasteiger partial charge in [0.1, 0.15) is 0 Å². The van der Waals surface area contributed by atoms with Gasteiger partial charge in [-0.15, -0.1) is 0 Å². The Morgan fingerprint density at radius 2 is 2.04 bits per heavy atom. The van der Waals surface area contributed by atoms with Crippen LogP contribution in [0.25, 0.3) is 5.69 Å². The van der Waals surface area contributed by atoms with Crippen molar-refractivity contribution < 1.29 is 4.74 Å². The van der Waals surface area contributed by atoms with Crippen molar-refractivity contribution in [2.24, 2.45) is 0 Å². The van der Waals surface area contributed by atoms with E-state index in [4.69, 9.17) is 4.74 Å². The third kappa shape index (κ3) is 3.52. The summed E-state index contributed by atoms with van der Waals surface area (Å²) >= 11 is 0. The Hall–Kier alpha value is -2.51. The molecule has 1 aromatic carbocycles. The van der Waals surface area contributed by atoms with Crippen molar-refractivity contribution in [3.05, 3.63) is 60.7 Å². The maximum Gasteiger partial charge on any atom is 0.0971 e. The molecule has 0 radical (unpaired) electrons. The van der Waals surface area contributed by atoms with Gasteiger partial charge >= 0.3 is 0 Å². The van der Waals surface area contributed by atoms with E-state index in [2.05, 4.69) is 20.2 Å². The van der Waals surface area contributed by atoms with E-state index >= 15 is 0 Å². The molecule has 1 fully saturated rings. The van der Waals surface area contributed by atoms with Gasteiger partial charge in [0.15, 0.2) is 0 Å². The number of hydrogen-bond acceptors (Lipinski definition) is 5. The van der Waals surface area contributed by atoms with E-state index in [0.29, 0.717) is 0 Å². The van der Waals surface area contributed by atoms with Crippen LogP contribution in [-0.4, -0.2) is 55.5 Å². The molecule has 124 valence electrons. The molecular weight excluding hydrogens is 304 g/mol. The molecule has 3 heterocycles. The Labute approximate surface area is 140 Å². The lowest BCUT2D eigenvalue weighted by molar-refractivity contribution is -0.0405. The Balaban J connectivity index is 1.37. The molecule has 7 nitrogen and oxygen atoms in total. The quantitative estimate of drug-likeness (QED) is 0.709. The standard InChI is InChI=1S/C17H20N6O/c1-2-5-16(6-3-1)23-19-11-15(20-23)12-21-9-10-24-17(13-21)14-22-8-4-7-18-22/h1-8,11,17H,9-10,12-14H2. The van der Waals surface area contributed by atoms with E-state index in [1.165, 1.54) is 0 Å². The summed E-state index contributed by atoms with van der Waals surface area (Å²) in [5, 5.41) is 13.2. The van der Waals surface area contributed by atoms with Gasteiger partial charge < -0.3 is 4.74 Å². The van der Waals surface area contributed by atoms with Crippen LogP contribution in [-0.2, 0) is 17.8 Å². The molecule has 0 spiro atoms. The summed E-state index contributed by atoms with van der Waals surface area (Å²) in [6.45, 7) is 4.08. The lowest BCUT2D eigenvalue weighted by Crippen LogP contribution is -2.43. The van der Waals surface area contributed by atoms with Crippen LogP contribution >= 0.6 is 0 Å². The van der Waals surface area contributed by atoms with Crippen LogP contribution in [0.4, 0.5) is 0 Å². The molecule has 0 saturated carbocycles. The summed E-state index contributed by atoms with van der Waals surface area (Å²) in [5.74, 6) is 0. The van der Waals surface area contributed by atoms with E-state index in [1.807, 2.05) is 53.5 Å². The van der Waals surface area contributed by atoms with E-state index in [9.17, 15) is 0 Å². The van der Waals surface area contributed by atoms with Crippen molar-refractivity contribution >= 4 is 0 Å². The van der Waals surface area contributed by atoms with E-state index in [-0.39, 0.29) is 6.10 Å². The first-order valence-corrected chi connectivity index (χ1v) is 8.15. The summed E-state index contributed by atoms with van der Waals surface area (Å²) in [6, 6.07) is 11.9.